The molecule has 0 aliphatic carbocycles. The molecule has 25 heavy (non-hydrogen) atoms. The molecule has 1 aromatic carbocycles. The highest BCUT2D eigenvalue weighted by atomic mass is 35.5. The van der Waals surface area contributed by atoms with Gasteiger partial charge in [-0.15, -0.1) is 0 Å². The molecule has 0 radical (unpaired) electrons. The van der Waals surface area contributed by atoms with Crippen LogP contribution in [0.4, 0.5) is 4.79 Å². The fraction of sp³-hybridized carbons (Fsp3) is 0.278. The number of aromatic nitrogens is 1. The third-order valence-corrected chi connectivity index (χ3v) is 3.32. The quantitative estimate of drug-likeness (QED) is 0.870. The fourth-order valence-electron chi connectivity index (χ4n) is 2.10. The minimum Gasteiger partial charge on any atom is -0.444 e. The average Bonchev–Trinajstić information content (AvgIpc) is 2.51. The molecule has 0 aliphatic heterocycles. The second-order valence-corrected chi connectivity index (χ2v) is 6.91. The van der Waals surface area contributed by atoms with Crippen LogP contribution in [0.2, 0.25) is 5.02 Å². The molecular weight excluding hydrogens is 342 g/mol. The zero-order valence-electron chi connectivity index (χ0n) is 14.3. The van der Waals surface area contributed by atoms with Gasteiger partial charge in [-0.2, -0.15) is 0 Å². The van der Waals surface area contributed by atoms with Crippen LogP contribution in [0.25, 0.3) is 11.3 Å². The number of hydrogen-bond donors (Lipinski definition) is 2. The average molecular weight is 362 g/mol. The SMILES string of the molecule is CC(C)(C)OC(=O)NCc1cccc(-c2cc(Cl)cc(C(N)=O)n2)c1. The molecule has 2 aromatic rings. The summed E-state index contributed by atoms with van der Waals surface area (Å²) in [5, 5.41) is 3.06. The Morgan fingerprint density at radius 3 is 2.60 bits per heavy atom. The van der Waals surface area contributed by atoms with Crippen LogP contribution in [0.1, 0.15) is 36.8 Å². The topological polar surface area (TPSA) is 94.3 Å². The van der Waals surface area contributed by atoms with Crippen LogP contribution < -0.4 is 11.1 Å². The van der Waals surface area contributed by atoms with Crippen molar-refractivity contribution in [3.63, 3.8) is 0 Å². The molecular formula is C18H20ClN3O3. The van der Waals surface area contributed by atoms with Crippen molar-refractivity contribution in [2.45, 2.75) is 32.9 Å². The Balaban J connectivity index is 2.17. The number of nitrogens with two attached hydrogens (primary N) is 1. The molecule has 0 saturated heterocycles. The van der Waals surface area contributed by atoms with Crippen LogP contribution in [-0.2, 0) is 11.3 Å². The Morgan fingerprint density at radius 1 is 1.24 bits per heavy atom. The number of alkyl carbamates (subject to hydrolysis) is 1. The lowest BCUT2D eigenvalue weighted by Gasteiger charge is -2.19. The van der Waals surface area contributed by atoms with Crippen LogP contribution in [0.15, 0.2) is 36.4 Å². The van der Waals surface area contributed by atoms with Gasteiger partial charge in [0.25, 0.3) is 5.91 Å². The first-order valence-corrected chi connectivity index (χ1v) is 8.05. The summed E-state index contributed by atoms with van der Waals surface area (Å²) < 4.78 is 5.20. The van der Waals surface area contributed by atoms with E-state index >= 15 is 0 Å². The number of nitrogens with zero attached hydrogens (tertiary/aromatic N) is 1. The lowest BCUT2D eigenvalue weighted by atomic mass is 10.1. The molecule has 0 spiro atoms. The Kier molecular flexibility index (Phi) is 5.64. The van der Waals surface area contributed by atoms with E-state index < -0.39 is 17.6 Å². The Labute approximate surface area is 151 Å². The highest BCUT2D eigenvalue weighted by molar-refractivity contribution is 6.31. The van der Waals surface area contributed by atoms with Crippen molar-refractivity contribution < 1.29 is 14.3 Å². The molecule has 7 heteroatoms. The number of nitrogens with one attached hydrogen (secondary N) is 1. The van der Waals surface area contributed by atoms with Gasteiger partial charge in [0.15, 0.2) is 0 Å². The lowest BCUT2D eigenvalue weighted by Crippen LogP contribution is -2.32. The van der Waals surface area contributed by atoms with Crippen LogP contribution in [-0.4, -0.2) is 22.6 Å². The summed E-state index contributed by atoms with van der Waals surface area (Å²) in [7, 11) is 0. The van der Waals surface area contributed by atoms with Gasteiger partial charge in [-0.3, -0.25) is 4.79 Å². The van der Waals surface area contributed by atoms with Crippen molar-refractivity contribution in [3.8, 4) is 11.3 Å². The van der Waals surface area contributed by atoms with Gasteiger partial charge < -0.3 is 15.8 Å². The number of hydrogen-bond acceptors (Lipinski definition) is 4. The third kappa shape index (κ3) is 5.76. The van der Waals surface area contributed by atoms with Gasteiger partial charge in [0.2, 0.25) is 0 Å². The highest BCUT2D eigenvalue weighted by Crippen LogP contribution is 2.23. The number of benzene rings is 1. The van der Waals surface area contributed by atoms with Crippen molar-refractivity contribution >= 4 is 23.6 Å². The molecule has 2 amide bonds. The maximum Gasteiger partial charge on any atom is 0.407 e. The van der Waals surface area contributed by atoms with Crippen LogP contribution in [0.5, 0.6) is 0 Å². The highest BCUT2D eigenvalue weighted by Gasteiger charge is 2.15. The molecule has 0 bridgehead atoms. The van der Waals surface area contributed by atoms with E-state index in [1.807, 2.05) is 24.3 Å². The normalized spacial score (nSPS) is 11.0. The molecule has 1 aromatic heterocycles. The fourth-order valence-corrected chi connectivity index (χ4v) is 2.31. The van der Waals surface area contributed by atoms with E-state index in [4.69, 9.17) is 22.1 Å². The summed E-state index contributed by atoms with van der Waals surface area (Å²) in [5.41, 5.74) is 6.95. The van der Waals surface area contributed by atoms with E-state index in [1.54, 1.807) is 26.8 Å². The van der Waals surface area contributed by atoms with E-state index in [-0.39, 0.29) is 5.69 Å². The molecule has 132 valence electrons. The Morgan fingerprint density at radius 2 is 1.96 bits per heavy atom. The van der Waals surface area contributed by atoms with Crippen LogP contribution in [0, 0.1) is 0 Å². The Hall–Kier alpha value is -2.60. The summed E-state index contributed by atoms with van der Waals surface area (Å²) in [6.07, 6.45) is -0.491. The number of halogens is 1. The first-order valence-electron chi connectivity index (χ1n) is 7.67. The van der Waals surface area contributed by atoms with E-state index in [2.05, 4.69) is 10.3 Å². The van der Waals surface area contributed by atoms with E-state index in [9.17, 15) is 9.59 Å². The predicted octanol–water partition coefficient (Wildman–Crippen LogP) is 3.53. The summed E-state index contributed by atoms with van der Waals surface area (Å²) >= 11 is 6.03. The minimum absolute atomic E-state index is 0.0970. The molecule has 0 unspecified atom stereocenters. The van der Waals surface area contributed by atoms with Gasteiger partial charge in [-0.1, -0.05) is 29.8 Å². The number of rotatable bonds is 4. The van der Waals surface area contributed by atoms with Gasteiger partial charge in [0, 0.05) is 17.1 Å². The summed E-state index contributed by atoms with van der Waals surface area (Å²) in [5.74, 6) is -0.647. The maximum atomic E-state index is 11.7. The van der Waals surface area contributed by atoms with E-state index in [0.29, 0.717) is 17.3 Å². The number of ether oxygens (including phenoxy) is 1. The summed E-state index contributed by atoms with van der Waals surface area (Å²) in [4.78, 5) is 27.3. The second kappa shape index (κ2) is 7.53. The van der Waals surface area contributed by atoms with Crippen molar-refractivity contribution in [1.29, 1.82) is 0 Å². The number of carbonyl (C=O) groups excluding carboxylic acids is 2. The predicted molar refractivity (Wildman–Crippen MR) is 96.3 cm³/mol. The Bertz CT molecular complexity index is 800. The molecule has 6 nitrogen and oxygen atoms in total. The standard InChI is InChI=1S/C18H20ClN3O3/c1-18(2,3)25-17(24)21-10-11-5-4-6-12(7-11)14-8-13(19)9-15(22-14)16(20)23/h4-9H,10H2,1-3H3,(H2,20,23)(H,21,24). The summed E-state index contributed by atoms with van der Waals surface area (Å²) in [6, 6.07) is 10.4. The lowest BCUT2D eigenvalue weighted by molar-refractivity contribution is 0.0523. The maximum absolute atomic E-state index is 11.7. The van der Waals surface area contributed by atoms with Crippen molar-refractivity contribution in [1.82, 2.24) is 10.3 Å². The minimum atomic E-state index is -0.647. The monoisotopic (exact) mass is 361 g/mol. The van der Waals surface area contributed by atoms with E-state index in [1.165, 1.54) is 6.07 Å². The molecule has 0 aliphatic rings. The van der Waals surface area contributed by atoms with Crippen molar-refractivity contribution in [2.24, 2.45) is 5.73 Å². The molecule has 0 atom stereocenters. The van der Waals surface area contributed by atoms with Crippen LogP contribution >= 0.6 is 11.6 Å². The van der Waals surface area contributed by atoms with Gasteiger partial charge in [0.05, 0.1) is 5.69 Å². The zero-order valence-corrected chi connectivity index (χ0v) is 15.1. The third-order valence-electron chi connectivity index (χ3n) is 3.10. The molecule has 0 fully saturated rings. The summed E-state index contributed by atoms with van der Waals surface area (Å²) in [6.45, 7) is 5.70. The van der Waals surface area contributed by atoms with Gasteiger partial charge >= 0.3 is 6.09 Å². The number of amides is 2. The first-order chi connectivity index (χ1) is 11.6. The van der Waals surface area contributed by atoms with Crippen molar-refractivity contribution in [2.75, 3.05) is 0 Å². The smallest absolute Gasteiger partial charge is 0.407 e. The number of carbonyl (C=O) groups is 2. The molecule has 2 rings (SSSR count). The largest absolute Gasteiger partial charge is 0.444 e. The first kappa shape index (κ1) is 18.7. The number of primary amides is 1. The van der Waals surface area contributed by atoms with Gasteiger partial charge in [0.1, 0.15) is 11.3 Å². The van der Waals surface area contributed by atoms with E-state index in [0.717, 1.165) is 11.1 Å². The van der Waals surface area contributed by atoms with Crippen LogP contribution in [0.3, 0.4) is 0 Å². The number of pyridine rings is 1. The molecule has 1 heterocycles. The zero-order chi connectivity index (χ0) is 18.6. The molecule has 3 N–H and O–H groups in total. The van der Waals surface area contributed by atoms with Gasteiger partial charge in [-0.05, 0) is 44.5 Å². The molecule has 0 saturated carbocycles. The van der Waals surface area contributed by atoms with Gasteiger partial charge in [-0.25, -0.2) is 9.78 Å². The van der Waals surface area contributed by atoms with Crippen molar-refractivity contribution in [3.05, 3.63) is 52.7 Å². The second-order valence-electron chi connectivity index (χ2n) is 6.48.